The van der Waals surface area contributed by atoms with Crippen LogP contribution in [0.4, 0.5) is 0 Å². The maximum Gasteiger partial charge on any atom is 0.0554 e. The Morgan fingerprint density at radius 1 is 1.20 bits per heavy atom. The van der Waals surface area contributed by atoms with Crippen LogP contribution < -0.4 is 5.32 Å². The van der Waals surface area contributed by atoms with Crippen molar-refractivity contribution in [2.75, 3.05) is 19.8 Å². The van der Waals surface area contributed by atoms with E-state index in [4.69, 9.17) is 4.74 Å². The first-order chi connectivity index (χ1) is 7.11. The molecule has 0 amide bonds. The van der Waals surface area contributed by atoms with Gasteiger partial charge in [0.1, 0.15) is 0 Å². The van der Waals surface area contributed by atoms with Crippen LogP contribution in [0.5, 0.6) is 0 Å². The SMILES string of the molecule is CC1CCCC(C)C1NCC1(C)COC1. The zero-order valence-electron chi connectivity index (χ0n) is 10.4. The van der Waals surface area contributed by atoms with Gasteiger partial charge in [-0.05, 0) is 24.7 Å². The summed E-state index contributed by atoms with van der Waals surface area (Å²) in [6.45, 7) is 10.1. The van der Waals surface area contributed by atoms with Crippen LogP contribution >= 0.6 is 0 Å². The van der Waals surface area contributed by atoms with E-state index in [9.17, 15) is 0 Å². The second-order valence-corrected chi connectivity index (χ2v) is 6.10. The Labute approximate surface area is 93.8 Å². The molecule has 0 bridgehead atoms. The molecule has 2 rings (SSSR count). The molecule has 2 fully saturated rings. The Hall–Kier alpha value is -0.0800. The molecule has 2 heteroatoms. The smallest absolute Gasteiger partial charge is 0.0554 e. The zero-order valence-corrected chi connectivity index (χ0v) is 10.4. The summed E-state index contributed by atoms with van der Waals surface area (Å²) in [7, 11) is 0. The number of ether oxygens (including phenoxy) is 1. The van der Waals surface area contributed by atoms with Gasteiger partial charge in [0.2, 0.25) is 0 Å². The monoisotopic (exact) mass is 211 g/mol. The molecule has 1 aliphatic heterocycles. The van der Waals surface area contributed by atoms with Crippen molar-refractivity contribution in [2.45, 2.75) is 46.1 Å². The van der Waals surface area contributed by atoms with E-state index < -0.39 is 0 Å². The number of nitrogens with one attached hydrogen (secondary N) is 1. The van der Waals surface area contributed by atoms with Crippen molar-refractivity contribution in [2.24, 2.45) is 17.3 Å². The van der Waals surface area contributed by atoms with Gasteiger partial charge in [0.05, 0.1) is 13.2 Å². The van der Waals surface area contributed by atoms with E-state index in [2.05, 4.69) is 26.1 Å². The molecule has 1 heterocycles. The van der Waals surface area contributed by atoms with E-state index in [1.165, 1.54) is 19.3 Å². The average molecular weight is 211 g/mol. The molecule has 2 aliphatic rings. The van der Waals surface area contributed by atoms with Gasteiger partial charge < -0.3 is 10.1 Å². The van der Waals surface area contributed by atoms with E-state index in [0.29, 0.717) is 5.41 Å². The molecular formula is C13H25NO. The molecule has 88 valence electrons. The summed E-state index contributed by atoms with van der Waals surface area (Å²) in [5, 5.41) is 3.78. The van der Waals surface area contributed by atoms with Crippen LogP contribution in [0.3, 0.4) is 0 Å². The van der Waals surface area contributed by atoms with Crippen molar-refractivity contribution in [3.8, 4) is 0 Å². The molecule has 1 saturated carbocycles. The van der Waals surface area contributed by atoms with Crippen LogP contribution in [-0.2, 0) is 4.74 Å². The number of hydrogen-bond donors (Lipinski definition) is 1. The first-order valence-electron chi connectivity index (χ1n) is 6.42. The fraction of sp³-hybridized carbons (Fsp3) is 1.00. The molecule has 1 N–H and O–H groups in total. The lowest BCUT2D eigenvalue weighted by molar-refractivity contribution is -0.102. The Balaban J connectivity index is 1.81. The third-order valence-corrected chi connectivity index (χ3v) is 4.21. The normalized spacial score (nSPS) is 39.8. The van der Waals surface area contributed by atoms with Crippen molar-refractivity contribution in [1.82, 2.24) is 5.32 Å². The molecule has 0 radical (unpaired) electrons. The van der Waals surface area contributed by atoms with Crippen LogP contribution in [0, 0.1) is 17.3 Å². The van der Waals surface area contributed by atoms with E-state index in [0.717, 1.165) is 37.6 Å². The fourth-order valence-electron chi connectivity index (χ4n) is 3.00. The zero-order chi connectivity index (χ0) is 10.9. The van der Waals surface area contributed by atoms with Crippen molar-refractivity contribution in [3.05, 3.63) is 0 Å². The van der Waals surface area contributed by atoms with Gasteiger partial charge in [-0.15, -0.1) is 0 Å². The van der Waals surface area contributed by atoms with Crippen molar-refractivity contribution < 1.29 is 4.74 Å². The molecule has 0 aromatic carbocycles. The molecule has 2 unspecified atom stereocenters. The highest BCUT2D eigenvalue weighted by Gasteiger charge is 2.35. The second-order valence-electron chi connectivity index (χ2n) is 6.10. The fourth-order valence-corrected chi connectivity index (χ4v) is 3.00. The van der Waals surface area contributed by atoms with Crippen LogP contribution in [0.2, 0.25) is 0 Å². The molecule has 15 heavy (non-hydrogen) atoms. The third-order valence-electron chi connectivity index (χ3n) is 4.21. The maximum absolute atomic E-state index is 5.29. The van der Waals surface area contributed by atoms with E-state index in [-0.39, 0.29) is 0 Å². The molecule has 0 spiro atoms. The van der Waals surface area contributed by atoms with Crippen molar-refractivity contribution >= 4 is 0 Å². The summed E-state index contributed by atoms with van der Waals surface area (Å²) in [5.74, 6) is 1.69. The minimum Gasteiger partial charge on any atom is -0.380 e. The molecule has 0 aromatic rings. The highest BCUT2D eigenvalue weighted by molar-refractivity contribution is 4.88. The lowest BCUT2D eigenvalue weighted by Gasteiger charge is -2.42. The molecular weight excluding hydrogens is 186 g/mol. The van der Waals surface area contributed by atoms with E-state index in [1.807, 2.05) is 0 Å². The van der Waals surface area contributed by atoms with Gasteiger partial charge in [-0.2, -0.15) is 0 Å². The topological polar surface area (TPSA) is 21.3 Å². The largest absolute Gasteiger partial charge is 0.380 e. The minimum absolute atomic E-state index is 0.414. The lowest BCUT2D eigenvalue weighted by atomic mass is 9.78. The molecule has 1 aliphatic carbocycles. The van der Waals surface area contributed by atoms with E-state index in [1.54, 1.807) is 0 Å². The molecule has 0 aromatic heterocycles. The van der Waals surface area contributed by atoms with Gasteiger partial charge in [0.25, 0.3) is 0 Å². The first-order valence-corrected chi connectivity index (χ1v) is 6.42. The number of rotatable bonds is 3. The maximum atomic E-state index is 5.29. The second kappa shape index (κ2) is 4.42. The summed E-state index contributed by atoms with van der Waals surface area (Å²) in [4.78, 5) is 0. The highest BCUT2D eigenvalue weighted by Crippen LogP contribution is 2.31. The number of hydrogen-bond acceptors (Lipinski definition) is 2. The quantitative estimate of drug-likeness (QED) is 0.774. The summed E-state index contributed by atoms with van der Waals surface area (Å²) in [6.07, 6.45) is 4.21. The highest BCUT2D eigenvalue weighted by atomic mass is 16.5. The molecule has 2 atom stereocenters. The summed E-state index contributed by atoms with van der Waals surface area (Å²) in [5.41, 5.74) is 0.414. The standard InChI is InChI=1S/C13H25NO/c1-10-5-4-6-11(2)12(10)14-7-13(3)8-15-9-13/h10-12,14H,4-9H2,1-3H3. The van der Waals surface area contributed by atoms with Gasteiger partial charge in [0.15, 0.2) is 0 Å². The predicted molar refractivity (Wildman–Crippen MR) is 62.9 cm³/mol. The van der Waals surface area contributed by atoms with Gasteiger partial charge in [-0.25, -0.2) is 0 Å². The Morgan fingerprint density at radius 2 is 1.80 bits per heavy atom. The molecule has 2 nitrogen and oxygen atoms in total. The first kappa shape index (κ1) is 11.4. The Bertz CT molecular complexity index is 203. The van der Waals surface area contributed by atoms with Crippen LogP contribution in [0.25, 0.3) is 0 Å². The van der Waals surface area contributed by atoms with Gasteiger partial charge >= 0.3 is 0 Å². The van der Waals surface area contributed by atoms with Crippen LogP contribution in [-0.4, -0.2) is 25.8 Å². The van der Waals surface area contributed by atoms with Gasteiger partial charge in [0, 0.05) is 18.0 Å². The van der Waals surface area contributed by atoms with Crippen molar-refractivity contribution in [3.63, 3.8) is 0 Å². The van der Waals surface area contributed by atoms with Gasteiger partial charge in [-0.1, -0.05) is 27.2 Å². The van der Waals surface area contributed by atoms with Crippen LogP contribution in [0.1, 0.15) is 40.0 Å². The predicted octanol–water partition coefficient (Wildman–Crippen LogP) is 2.44. The van der Waals surface area contributed by atoms with Gasteiger partial charge in [-0.3, -0.25) is 0 Å². The summed E-state index contributed by atoms with van der Waals surface area (Å²) >= 11 is 0. The summed E-state index contributed by atoms with van der Waals surface area (Å²) in [6, 6.07) is 0.733. The Morgan fingerprint density at radius 3 is 2.27 bits per heavy atom. The minimum atomic E-state index is 0.414. The summed E-state index contributed by atoms with van der Waals surface area (Å²) < 4.78 is 5.29. The average Bonchev–Trinajstić information content (AvgIpc) is 2.14. The third kappa shape index (κ3) is 2.54. The Kier molecular flexibility index (Phi) is 3.36. The lowest BCUT2D eigenvalue weighted by Crippen LogP contribution is -2.52. The van der Waals surface area contributed by atoms with Crippen molar-refractivity contribution in [1.29, 1.82) is 0 Å². The van der Waals surface area contributed by atoms with E-state index >= 15 is 0 Å². The van der Waals surface area contributed by atoms with Crippen LogP contribution in [0.15, 0.2) is 0 Å². The molecule has 1 saturated heterocycles.